The predicted molar refractivity (Wildman–Crippen MR) is 87.0 cm³/mol. The Morgan fingerprint density at radius 3 is 3.05 bits per heavy atom. The minimum atomic E-state index is -0.133. The van der Waals surface area contributed by atoms with E-state index in [9.17, 15) is 9.59 Å². The van der Waals surface area contributed by atoms with E-state index in [-0.39, 0.29) is 24.4 Å². The largest absolute Gasteiger partial charge is 0.345 e. The lowest BCUT2D eigenvalue weighted by atomic mass is 9.97. The predicted octanol–water partition coefficient (Wildman–Crippen LogP) is 1.55. The van der Waals surface area contributed by atoms with Crippen molar-refractivity contribution >= 4 is 27.5 Å². The van der Waals surface area contributed by atoms with Gasteiger partial charge in [-0.15, -0.1) is 17.8 Å². The average molecular weight is 315 g/mol. The molecule has 0 aliphatic heterocycles. The monoisotopic (exact) mass is 315 g/mol. The van der Waals surface area contributed by atoms with Gasteiger partial charge in [0.15, 0.2) is 0 Å². The Morgan fingerprint density at radius 2 is 2.23 bits per heavy atom. The second-order valence-electron chi connectivity index (χ2n) is 5.38. The van der Waals surface area contributed by atoms with Crippen LogP contribution in [0.15, 0.2) is 4.79 Å². The van der Waals surface area contributed by atoms with E-state index in [1.165, 1.54) is 16.9 Å². The number of aromatic amines is 1. The van der Waals surface area contributed by atoms with E-state index in [1.807, 2.05) is 0 Å². The topological polar surface area (TPSA) is 74.8 Å². The molecule has 1 aliphatic rings. The first kappa shape index (κ1) is 14.8. The lowest BCUT2D eigenvalue weighted by Crippen LogP contribution is -2.24. The van der Waals surface area contributed by atoms with Crippen molar-refractivity contribution in [3.05, 3.63) is 26.6 Å². The summed E-state index contributed by atoms with van der Waals surface area (Å²) in [6.07, 6.45) is 10.1. The minimum absolute atomic E-state index is 0.0802. The van der Waals surface area contributed by atoms with Gasteiger partial charge in [0.2, 0.25) is 5.91 Å². The summed E-state index contributed by atoms with van der Waals surface area (Å²) in [4.78, 5) is 33.3. The second kappa shape index (κ2) is 6.32. The zero-order valence-corrected chi connectivity index (χ0v) is 13.0. The summed E-state index contributed by atoms with van der Waals surface area (Å²) in [5.74, 6) is 2.78. The summed E-state index contributed by atoms with van der Waals surface area (Å²) in [5, 5.41) is 3.35. The molecule has 2 heterocycles. The van der Waals surface area contributed by atoms with Crippen LogP contribution in [0, 0.1) is 12.3 Å². The first-order valence-electron chi connectivity index (χ1n) is 7.42. The maximum Gasteiger partial charge on any atom is 0.259 e. The van der Waals surface area contributed by atoms with E-state index >= 15 is 0 Å². The zero-order chi connectivity index (χ0) is 15.5. The number of nitrogens with zero attached hydrogens (tertiary/aromatic N) is 1. The molecule has 1 amide bonds. The summed E-state index contributed by atoms with van der Waals surface area (Å²) < 4.78 is 0. The number of aromatic nitrogens is 2. The van der Waals surface area contributed by atoms with Crippen LogP contribution in [0.2, 0.25) is 0 Å². The van der Waals surface area contributed by atoms with Crippen molar-refractivity contribution in [2.24, 2.45) is 0 Å². The molecule has 0 spiro atoms. The van der Waals surface area contributed by atoms with Gasteiger partial charge in [0.25, 0.3) is 5.56 Å². The van der Waals surface area contributed by atoms with Crippen LogP contribution >= 0.6 is 11.3 Å². The van der Waals surface area contributed by atoms with Crippen LogP contribution < -0.4 is 10.9 Å². The van der Waals surface area contributed by atoms with Crippen LogP contribution in [0.1, 0.15) is 35.5 Å². The number of terminal acetylenes is 1. The van der Waals surface area contributed by atoms with Crippen molar-refractivity contribution < 1.29 is 4.79 Å². The van der Waals surface area contributed by atoms with Crippen molar-refractivity contribution in [3.8, 4) is 12.3 Å². The van der Waals surface area contributed by atoms with E-state index in [4.69, 9.17) is 6.42 Å². The molecule has 2 aromatic heterocycles. The number of H-pyrrole nitrogens is 1. The van der Waals surface area contributed by atoms with Gasteiger partial charge in [-0.25, -0.2) is 4.98 Å². The number of hydrogen-bond donors (Lipinski definition) is 2. The van der Waals surface area contributed by atoms with Gasteiger partial charge in [-0.1, -0.05) is 5.92 Å². The average Bonchev–Trinajstić information content (AvgIpc) is 2.89. The molecule has 114 valence electrons. The lowest BCUT2D eigenvalue weighted by Gasteiger charge is -2.09. The molecule has 0 atom stereocenters. The molecule has 0 saturated heterocycles. The third kappa shape index (κ3) is 2.90. The fourth-order valence-electron chi connectivity index (χ4n) is 2.80. The molecule has 2 aromatic rings. The molecule has 22 heavy (non-hydrogen) atoms. The summed E-state index contributed by atoms with van der Waals surface area (Å²) in [6.45, 7) is 0.222. The van der Waals surface area contributed by atoms with Crippen LogP contribution in [-0.4, -0.2) is 22.4 Å². The van der Waals surface area contributed by atoms with Gasteiger partial charge in [-0.3, -0.25) is 9.59 Å². The molecule has 0 aromatic carbocycles. The van der Waals surface area contributed by atoms with E-state index < -0.39 is 0 Å². The van der Waals surface area contributed by atoms with Gasteiger partial charge < -0.3 is 10.3 Å². The van der Waals surface area contributed by atoms with Crippen LogP contribution in [0.3, 0.4) is 0 Å². The molecule has 1 aliphatic carbocycles. The number of fused-ring (bicyclic) bond motifs is 3. The Hall–Kier alpha value is -2.13. The highest BCUT2D eigenvalue weighted by Crippen LogP contribution is 2.33. The molecular weight excluding hydrogens is 298 g/mol. The summed E-state index contributed by atoms with van der Waals surface area (Å²) >= 11 is 1.62. The van der Waals surface area contributed by atoms with Crippen LogP contribution in [-0.2, 0) is 24.1 Å². The van der Waals surface area contributed by atoms with Gasteiger partial charge in [0.1, 0.15) is 10.7 Å². The van der Waals surface area contributed by atoms with Crippen molar-refractivity contribution in [2.45, 2.75) is 38.5 Å². The molecule has 0 fully saturated rings. The highest BCUT2D eigenvalue weighted by Gasteiger charge is 2.19. The Labute approximate surface area is 132 Å². The van der Waals surface area contributed by atoms with Crippen molar-refractivity contribution in [3.63, 3.8) is 0 Å². The smallest absolute Gasteiger partial charge is 0.259 e. The minimum Gasteiger partial charge on any atom is -0.345 e. The standard InChI is InChI=1S/C16H17N3O2S/c1-2-9-17-13(20)8-7-12-18-15(21)14-10-5-3-4-6-11(10)22-16(14)19-12/h1H,3-9H2,(H,17,20)(H,18,19,21). The van der Waals surface area contributed by atoms with E-state index in [0.717, 1.165) is 29.5 Å². The maximum absolute atomic E-state index is 12.3. The van der Waals surface area contributed by atoms with Gasteiger partial charge in [-0.05, 0) is 31.2 Å². The van der Waals surface area contributed by atoms with Crippen LogP contribution in [0.25, 0.3) is 10.2 Å². The van der Waals surface area contributed by atoms with Gasteiger partial charge in [0, 0.05) is 17.7 Å². The lowest BCUT2D eigenvalue weighted by molar-refractivity contribution is -0.120. The molecule has 2 N–H and O–H groups in total. The second-order valence-corrected chi connectivity index (χ2v) is 6.47. The highest BCUT2D eigenvalue weighted by atomic mass is 32.1. The number of nitrogens with one attached hydrogen (secondary N) is 2. The van der Waals surface area contributed by atoms with E-state index in [0.29, 0.717) is 12.2 Å². The number of amides is 1. The van der Waals surface area contributed by atoms with Crippen LogP contribution in [0.5, 0.6) is 0 Å². The fraction of sp³-hybridized carbons (Fsp3) is 0.438. The van der Waals surface area contributed by atoms with Crippen molar-refractivity contribution in [2.75, 3.05) is 6.54 Å². The summed E-state index contributed by atoms with van der Waals surface area (Å²) in [5.41, 5.74) is 1.10. The fourth-order valence-corrected chi connectivity index (χ4v) is 4.08. The first-order valence-corrected chi connectivity index (χ1v) is 8.24. The highest BCUT2D eigenvalue weighted by molar-refractivity contribution is 7.18. The van der Waals surface area contributed by atoms with Gasteiger partial charge >= 0.3 is 0 Å². The number of aryl methyl sites for hydroxylation is 3. The SMILES string of the molecule is C#CCNC(=O)CCc1nc2sc3c(c2c(=O)[nH]1)CCCC3. The third-order valence-corrected chi connectivity index (χ3v) is 5.04. The summed E-state index contributed by atoms with van der Waals surface area (Å²) in [6, 6.07) is 0. The normalized spacial score (nSPS) is 13.6. The zero-order valence-electron chi connectivity index (χ0n) is 12.2. The Kier molecular flexibility index (Phi) is 4.25. The molecular formula is C16H17N3O2S. The molecule has 6 heteroatoms. The van der Waals surface area contributed by atoms with Crippen molar-refractivity contribution in [1.29, 1.82) is 0 Å². The Bertz CT molecular complexity index is 813. The maximum atomic E-state index is 12.3. The Morgan fingerprint density at radius 1 is 1.41 bits per heavy atom. The molecule has 0 saturated carbocycles. The molecule has 0 unspecified atom stereocenters. The third-order valence-electron chi connectivity index (χ3n) is 3.85. The van der Waals surface area contributed by atoms with E-state index in [2.05, 4.69) is 21.2 Å². The number of thiophene rings is 1. The summed E-state index contributed by atoms with van der Waals surface area (Å²) in [7, 11) is 0. The number of hydrogen-bond acceptors (Lipinski definition) is 4. The molecule has 3 rings (SSSR count). The number of carbonyl (C=O) groups is 1. The molecule has 5 nitrogen and oxygen atoms in total. The molecule has 0 radical (unpaired) electrons. The number of rotatable bonds is 4. The first-order chi connectivity index (χ1) is 10.7. The van der Waals surface area contributed by atoms with E-state index in [1.54, 1.807) is 11.3 Å². The quantitative estimate of drug-likeness (QED) is 0.841. The van der Waals surface area contributed by atoms with Crippen molar-refractivity contribution in [1.82, 2.24) is 15.3 Å². The van der Waals surface area contributed by atoms with Crippen LogP contribution in [0.4, 0.5) is 0 Å². The number of carbonyl (C=O) groups excluding carboxylic acids is 1. The van der Waals surface area contributed by atoms with Gasteiger partial charge in [0.05, 0.1) is 11.9 Å². The van der Waals surface area contributed by atoms with Gasteiger partial charge in [-0.2, -0.15) is 0 Å². The Balaban J connectivity index is 1.82. The molecule has 0 bridgehead atoms.